The first-order valence-corrected chi connectivity index (χ1v) is 4.83. The van der Waals surface area contributed by atoms with Crippen LogP contribution in [0.3, 0.4) is 0 Å². The molecule has 1 heteroatoms. The molecule has 0 aromatic carbocycles. The van der Waals surface area contributed by atoms with Crippen molar-refractivity contribution in [3.05, 3.63) is 35.5 Å². The summed E-state index contributed by atoms with van der Waals surface area (Å²) in [6, 6.07) is 2.15. The average Bonchev–Trinajstić information content (AvgIpc) is 2.45. The lowest BCUT2D eigenvalue weighted by atomic mass is 10.1. The Labute approximate surface area is 81.1 Å². The SMILES string of the molecule is CC.CCC1=CCC(C#N)=CC=C1. The highest BCUT2D eigenvalue weighted by molar-refractivity contribution is 5.35. The van der Waals surface area contributed by atoms with Gasteiger partial charge in [0.1, 0.15) is 0 Å². The van der Waals surface area contributed by atoms with Gasteiger partial charge < -0.3 is 0 Å². The lowest BCUT2D eigenvalue weighted by Gasteiger charge is -1.92. The molecule has 0 saturated heterocycles. The molecule has 0 aromatic heterocycles. The summed E-state index contributed by atoms with van der Waals surface area (Å²) in [6.45, 7) is 6.12. The van der Waals surface area contributed by atoms with Crippen molar-refractivity contribution in [3.63, 3.8) is 0 Å². The van der Waals surface area contributed by atoms with Gasteiger partial charge in [-0.25, -0.2) is 0 Å². The fraction of sp³-hybridized carbons (Fsp3) is 0.417. The second-order valence-corrected chi connectivity index (χ2v) is 2.50. The molecule has 1 aliphatic rings. The fourth-order valence-corrected chi connectivity index (χ4v) is 1.01. The summed E-state index contributed by atoms with van der Waals surface area (Å²) in [4.78, 5) is 0. The van der Waals surface area contributed by atoms with Crippen LogP contribution in [0.4, 0.5) is 0 Å². The Morgan fingerprint density at radius 3 is 2.69 bits per heavy atom. The van der Waals surface area contributed by atoms with E-state index in [9.17, 15) is 0 Å². The Balaban J connectivity index is 0.000000671. The van der Waals surface area contributed by atoms with Crippen molar-refractivity contribution in [2.75, 3.05) is 0 Å². The van der Waals surface area contributed by atoms with Gasteiger partial charge in [0.05, 0.1) is 6.07 Å². The van der Waals surface area contributed by atoms with E-state index in [1.165, 1.54) is 5.57 Å². The van der Waals surface area contributed by atoms with Gasteiger partial charge in [-0.1, -0.05) is 44.6 Å². The average molecular weight is 175 g/mol. The molecule has 0 aliphatic heterocycles. The van der Waals surface area contributed by atoms with Gasteiger partial charge >= 0.3 is 0 Å². The maximum atomic E-state index is 8.59. The van der Waals surface area contributed by atoms with E-state index < -0.39 is 0 Å². The summed E-state index contributed by atoms with van der Waals surface area (Å²) in [5.41, 5.74) is 2.15. The van der Waals surface area contributed by atoms with E-state index in [1.54, 1.807) is 0 Å². The highest BCUT2D eigenvalue weighted by atomic mass is 14.2. The van der Waals surface area contributed by atoms with Gasteiger partial charge in [-0.15, -0.1) is 0 Å². The molecule has 0 spiro atoms. The molecule has 1 aliphatic carbocycles. The van der Waals surface area contributed by atoms with Crippen molar-refractivity contribution in [2.24, 2.45) is 0 Å². The molecule has 13 heavy (non-hydrogen) atoms. The smallest absolute Gasteiger partial charge is 0.0950 e. The lowest BCUT2D eigenvalue weighted by Crippen LogP contribution is -1.75. The fourth-order valence-electron chi connectivity index (χ4n) is 1.01. The van der Waals surface area contributed by atoms with Crippen molar-refractivity contribution in [2.45, 2.75) is 33.6 Å². The molecule has 0 fully saturated rings. The van der Waals surface area contributed by atoms with Gasteiger partial charge in [0, 0.05) is 12.0 Å². The van der Waals surface area contributed by atoms with Crippen LogP contribution in [0.2, 0.25) is 0 Å². The van der Waals surface area contributed by atoms with Crippen LogP contribution in [-0.4, -0.2) is 0 Å². The highest BCUT2D eigenvalue weighted by Crippen LogP contribution is 2.12. The van der Waals surface area contributed by atoms with Crippen molar-refractivity contribution in [3.8, 4) is 6.07 Å². The lowest BCUT2D eigenvalue weighted by molar-refractivity contribution is 1.12. The first kappa shape index (κ1) is 11.7. The van der Waals surface area contributed by atoms with Crippen molar-refractivity contribution in [1.29, 1.82) is 5.26 Å². The normalized spacial score (nSPS) is 14.3. The predicted octanol–water partition coefficient (Wildman–Crippen LogP) is 3.76. The van der Waals surface area contributed by atoms with Gasteiger partial charge in [0.25, 0.3) is 0 Å². The largest absolute Gasteiger partial charge is 0.193 e. The van der Waals surface area contributed by atoms with Gasteiger partial charge in [-0.05, 0) is 12.5 Å². The van der Waals surface area contributed by atoms with Crippen molar-refractivity contribution < 1.29 is 0 Å². The predicted molar refractivity (Wildman–Crippen MR) is 57.2 cm³/mol. The van der Waals surface area contributed by atoms with Crippen LogP contribution in [0.15, 0.2) is 35.5 Å². The summed E-state index contributed by atoms with van der Waals surface area (Å²) in [6.07, 6.45) is 9.82. The Morgan fingerprint density at radius 1 is 1.46 bits per heavy atom. The van der Waals surface area contributed by atoms with E-state index in [0.29, 0.717) is 0 Å². The molecule has 70 valence electrons. The summed E-state index contributed by atoms with van der Waals surface area (Å²) in [5.74, 6) is 0. The summed E-state index contributed by atoms with van der Waals surface area (Å²) < 4.78 is 0. The molecule has 0 amide bonds. The van der Waals surface area contributed by atoms with E-state index in [1.807, 2.05) is 26.0 Å². The second-order valence-electron chi connectivity index (χ2n) is 2.50. The second kappa shape index (κ2) is 7.36. The third-order valence-electron chi connectivity index (χ3n) is 1.74. The number of nitrogens with zero attached hydrogens (tertiary/aromatic N) is 1. The van der Waals surface area contributed by atoms with E-state index in [-0.39, 0.29) is 0 Å². The topological polar surface area (TPSA) is 23.8 Å². The molecule has 0 saturated carbocycles. The molecular formula is C12H17N. The van der Waals surface area contributed by atoms with Crippen LogP contribution in [0.1, 0.15) is 33.6 Å². The van der Waals surface area contributed by atoms with Crippen LogP contribution < -0.4 is 0 Å². The molecule has 1 nitrogen and oxygen atoms in total. The van der Waals surface area contributed by atoms with E-state index in [2.05, 4.69) is 25.1 Å². The quantitative estimate of drug-likeness (QED) is 0.595. The zero-order valence-corrected chi connectivity index (χ0v) is 8.67. The third-order valence-corrected chi connectivity index (χ3v) is 1.74. The van der Waals surface area contributed by atoms with Crippen LogP contribution in [-0.2, 0) is 0 Å². The summed E-state index contributed by atoms with van der Waals surface area (Å²) >= 11 is 0. The zero-order chi connectivity index (χ0) is 10.1. The molecule has 0 bridgehead atoms. The number of nitriles is 1. The Morgan fingerprint density at radius 2 is 2.15 bits per heavy atom. The molecule has 0 aromatic rings. The molecule has 0 heterocycles. The highest BCUT2D eigenvalue weighted by Gasteiger charge is 1.96. The maximum Gasteiger partial charge on any atom is 0.0950 e. The van der Waals surface area contributed by atoms with Crippen LogP contribution in [0.5, 0.6) is 0 Å². The molecular weight excluding hydrogens is 158 g/mol. The number of rotatable bonds is 1. The van der Waals surface area contributed by atoms with Crippen LogP contribution in [0.25, 0.3) is 0 Å². The van der Waals surface area contributed by atoms with Crippen molar-refractivity contribution in [1.82, 2.24) is 0 Å². The summed E-state index contributed by atoms with van der Waals surface area (Å²) in [7, 11) is 0. The zero-order valence-electron chi connectivity index (χ0n) is 8.67. The van der Waals surface area contributed by atoms with Gasteiger partial charge in [-0.2, -0.15) is 5.26 Å². The minimum absolute atomic E-state index is 0.784. The first-order chi connectivity index (χ1) is 6.36. The van der Waals surface area contributed by atoms with E-state index >= 15 is 0 Å². The molecule has 1 rings (SSSR count). The van der Waals surface area contributed by atoms with Crippen LogP contribution in [0, 0.1) is 11.3 Å². The Hall–Kier alpha value is -1.29. The van der Waals surface area contributed by atoms with Gasteiger partial charge in [-0.3, -0.25) is 0 Å². The van der Waals surface area contributed by atoms with E-state index in [0.717, 1.165) is 18.4 Å². The Bertz CT molecular complexity index is 261. The first-order valence-electron chi connectivity index (χ1n) is 4.83. The number of hydrogen-bond donors (Lipinski definition) is 0. The number of allylic oxidation sites excluding steroid dienone is 6. The van der Waals surface area contributed by atoms with Gasteiger partial charge in [0.2, 0.25) is 0 Å². The maximum absolute atomic E-state index is 8.59. The Kier molecular flexibility index (Phi) is 6.63. The minimum atomic E-state index is 0.784. The molecule has 0 N–H and O–H groups in total. The third kappa shape index (κ3) is 4.32. The monoisotopic (exact) mass is 175 g/mol. The molecule has 0 atom stereocenters. The van der Waals surface area contributed by atoms with Crippen LogP contribution >= 0.6 is 0 Å². The van der Waals surface area contributed by atoms with Gasteiger partial charge in [0.15, 0.2) is 0 Å². The van der Waals surface area contributed by atoms with Crippen molar-refractivity contribution >= 4 is 0 Å². The number of hydrogen-bond acceptors (Lipinski definition) is 1. The standard InChI is InChI=1S/C10H11N.C2H6/c1-2-9-4-3-5-10(8-11)7-6-9;1-2/h3-6H,2,7H2,1H3;1-2H3. The molecule has 0 unspecified atom stereocenters. The molecule has 0 radical (unpaired) electrons. The van der Waals surface area contributed by atoms with E-state index in [4.69, 9.17) is 5.26 Å². The minimum Gasteiger partial charge on any atom is -0.193 e. The summed E-state index contributed by atoms with van der Waals surface area (Å²) in [5, 5.41) is 8.59.